The van der Waals surface area contributed by atoms with E-state index in [0.717, 1.165) is 22.7 Å². The van der Waals surface area contributed by atoms with Crippen LogP contribution in [0.1, 0.15) is 51.3 Å². The van der Waals surface area contributed by atoms with Crippen molar-refractivity contribution < 1.29 is 4.74 Å². The number of nitrogens with one attached hydrogen (secondary N) is 1. The zero-order valence-electron chi connectivity index (χ0n) is 15.9. The Balaban J connectivity index is 2.37. The molecule has 2 nitrogen and oxygen atoms in total. The molecular weight excluding hydrogens is 294 g/mol. The van der Waals surface area contributed by atoms with Gasteiger partial charge in [-0.05, 0) is 49.4 Å². The van der Waals surface area contributed by atoms with E-state index in [1.807, 2.05) is 12.1 Å². The van der Waals surface area contributed by atoms with Crippen molar-refractivity contribution in [2.45, 2.75) is 47.0 Å². The largest absolute Gasteiger partial charge is 0.496 e. The Kier molecular flexibility index (Phi) is 5.38. The van der Waals surface area contributed by atoms with Crippen molar-refractivity contribution >= 4 is 11.4 Å². The third-order valence-electron chi connectivity index (χ3n) is 4.30. The van der Waals surface area contributed by atoms with Crippen LogP contribution in [0, 0.1) is 6.92 Å². The van der Waals surface area contributed by atoms with E-state index in [0.29, 0.717) is 0 Å². The standard InChI is InChI=1S/C22H29NO/c1-15(2)21(17-11-13-18(14-12-17)22(4,5)6)23-19-9-8-10-20(24-7)16(19)3/h8-14,23H,1-7H3. The summed E-state index contributed by atoms with van der Waals surface area (Å²) in [6.45, 7) is 13.1. The van der Waals surface area contributed by atoms with Crippen molar-refractivity contribution in [1.29, 1.82) is 0 Å². The Morgan fingerprint density at radius 2 is 1.58 bits per heavy atom. The average molecular weight is 323 g/mol. The summed E-state index contributed by atoms with van der Waals surface area (Å²) < 4.78 is 5.43. The van der Waals surface area contributed by atoms with Crippen LogP contribution in [0.25, 0.3) is 5.70 Å². The van der Waals surface area contributed by atoms with Crippen LogP contribution in [-0.2, 0) is 5.41 Å². The minimum Gasteiger partial charge on any atom is -0.496 e. The van der Waals surface area contributed by atoms with Gasteiger partial charge in [-0.3, -0.25) is 0 Å². The molecule has 1 N–H and O–H groups in total. The molecule has 0 aliphatic heterocycles. The van der Waals surface area contributed by atoms with Gasteiger partial charge in [0, 0.05) is 16.9 Å². The second kappa shape index (κ2) is 7.12. The molecule has 2 aromatic carbocycles. The summed E-state index contributed by atoms with van der Waals surface area (Å²) in [5.41, 5.74) is 7.30. The second-order valence-corrected chi connectivity index (χ2v) is 7.46. The lowest BCUT2D eigenvalue weighted by Crippen LogP contribution is -2.11. The maximum atomic E-state index is 5.43. The molecule has 0 saturated heterocycles. The Hall–Kier alpha value is -2.22. The van der Waals surface area contributed by atoms with Crippen LogP contribution < -0.4 is 10.1 Å². The van der Waals surface area contributed by atoms with Gasteiger partial charge in [-0.25, -0.2) is 0 Å². The summed E-state index contributed by atoms with van der Waals surface area (Å²) in [6.07, 6.45) is 0. The first kappa shape index (κ1) is 18.1. The number of allylic oxidation sites excluding steroid dienone is 1. The Labute approximate surface area is 146 Å². The first-order valence-electron chi connectivity index (χ1n) is 8.43. The molecule has 0 spiro atoms. The van der Waals surface area contributed by atoms with Crippen molar-refractivity contribution in [2.75, 3.05) is 12.4 Å². The third kappa shape index (κ3) is 4.00. The third-order valence-corrected chi connectivity index (χ3v) is 4.30. The molecule has 24 heavy (non-hydrogen) atoms. The number of hydrogen-bond acceptors (Lipinski definition) is 2. The molecule has 0 aliphatic rings. The highest BCUT2D eigenvalue weighted by Gasteiger charge is 2.14. The van der Waals surface area contributed by atoms with E-state index in [9.17, 15) is 0 Å². The molecule has 0 bridgehead atoms. The lowest BCUT2D eigenvalue weighted by Gasteiger charge is -2.21. The lowest BCUT2D eigenvalue weighted by molar-refractivity contribution is 0.412. The van der Waals surface area contributed by atoms with Gasteiger partial charge in [-0.15, -0.1) is 0 Å². The molecular formula is C22H29NO. The van der Waals surface area contributed by atoms with Gasteiger partial charge in [-0.2, -0.15) is 0 Å². The highest BCUT2D eigenvalue weighted by molar-refractivity contribution is 5.80. The molecule has 0 radical (unpaired) electrons. The Morgan fingerprint density at radius 1 is 0.958 bits per heavy atom. The number of benzene rings is 2. The van der Waals surface area contributed by atoms with Gasteiger partial charge >= 0.3 is 0 Å². The van der Waals surface area contributed by atoms with Crippen LogP contribution in [0.5, 0.6) is 5.75 Å². The Bertz CT molecular complexity index is 730. The van der Waals surface area contributed by atoms with Crippen LogP contribution in [0.4, 0.5) is 5.69 Å². The fraction of sp³-hybridized carbons (Fsp3) is 0.364. The van der Waals surface area contributed by atoms with Crippen molar-refractivity contribution in [3.63, 3.8) is 0 Å². The van der Waals surface area contributed by atoms with Gasteiger partial charge in [0.2, 0.25) is 0 Å². The monoisotopic (exact) mass is 323 g/mol. The molecule has 0 aromatic heterocycles. The number of methoxy groups -OCH3 is 1. The number of hydrogen-bond donors (Lipinski definition) is 1. The molecule has 2 rings (SSSR count). The smallest absolute Gasteiger partial charge is 0.123 e. The predicted molar refractivity (Wildman–Crippen MR) is 105 cm³/mol. The molecule has 2 heteroatoms. The summed E-state index contributed by atoms with van der Waals surface area (Å²) >= 11 is 0. The molecule has 0 aliphatic carbocycles. The van der Waals surface area contributed by atoms with Crippen molar-refractivity contribution in [1.82, 2.24) is 0 Å². The van der Waals surface area contributed by atoms with Crippen LogP contribution in [0.15, 0.2) is 48.0 Å². The summed E-state index contributed by atoms with van der Waals surface area (Å²) in [5.74, 6) is 0.899. The van der Waals surface area contributed by atoms with E-state index in [1.54, 1.807) is 7.11 Å². The SMILES string of the molecule is COc1cccc(NC(=C(C)C)c2ccc(C(C)(C)C)cc2)c1C. The lowest BCUT2D eigenvalue weighted by atomic mass is 9.86. The van der Waals surface area contributed by atoms with Crippen LogP contribution in [-0.4, -0.2) is 7.11 Å². The second-order valence-electron chi connectivity index (χ2n) is 7.46. The average Bonchev–Trinajstić information content (AvgIpc) is 2.53. The molecule has 2 aromatic rings. The first-order chi connectivity index (χ1) is 11.2. The summed E-state index contributed by atoms with van der Waals surface area (Å²) in [4.78, 5) is 0. The number of anilines is 1. The number of rotatable bonds is 4. The van der Waals surface area contributed by atoms with Crippen LogP contribution >= 0.6 is 0 Å². The quantitative estimate of drug-likeness (QED) is 0.727. The Morgan fingerprint density at radius 3 is 2.08 bits per heavy atom. The maximum absolute atomic E-state index is 5.43. The van der Waals surface area contributed by atoms with Crippen molar-refractivity contribution in [3.05, 3.63) is 64.7 Å². The van der Waals surface area contributed by atoms with Gasteiger partial charge in [0.25, 0.3) is 0 Å². The highest BCUT2D eigenvalue weighted by Crippen LogP contribution is 2.30. The van der Waals surface area contributed by atoms with E-state index < -0.39 is 0 Å². The topological polar surface area (TPSA) is 21.3 Å². The molecule has 128 valence electrons. The minimum atomic E-state index is 0.167. The predicted octanol–water partition coefficient (Wildman–Crippen LogP) is 6.16. The maximum Gasteiger partial charge on any atom is 0.123 e. The van der Waals surface area contributed by atoms with Crippen LogP contribution in [0.3, 0.4) is 0 Å². The van der Waals surface area contributed by atoms with E-state index in [1.165, 1.54) is 16.7 Å². The minimum absolute atomic E-state index is 0.167. The highest BCUT2D eigenvalue weighted by atomic mass is 16.5. The van der Waals surface area contributed by atoms with Crippen LogP contribution in [0.2, 0.25) is 0 Å². The number of ether oxygens (including phenoxy) is 1. The van der Waals surface area contributed by atoms with E-state index in [-0.39, 0.29) is 5.41 Å². The van der Waals surface area contributed by atoms with Crippen molar-refractivity contribution in [2.24, 2.45) is 0 Å². The summed E-state index contributed by atoms with van der Waals surface area (Å²) in [6, 6.07) is 14.9. The normalized spacial score (nSPS) is 11.1. The molecule has 0 unspecified atom stereocenters. The van der Waals surface area contributed by atoms with Crippen molar-refractivity contribution in [3.8, 4) is 5.75 Å². The molecule has 0 heterocycles. The van der Waals surface area contributed by atoms with Gasteiger partial charge in [0.1, 0.15) is 5.75 Å². The molecule has 0 fully saturated rings. The summed E-state index contributed by atoms with van der Waals surface area (Å²) in [7, 11) is 1.71. The van der Waals surface area contributed by atoms with E-state index in [2.05, 4.69) is 77.2 Å². The van der Waals surface area contributed by atoms with Gasteiger partial charge < -0.3 is 10.1 Å². The van der Waals surface area contributed by atoms with E-state index >= 15 is 0 Å². The zero-order chi connectivity index (χ0) is 17.9. The zero-order valence-corrected chi connectivity index (χ0v) is 15.9. The fourth-order valence-corrected chi connectivity index (χ4v) is 2.73. The molecule has 0 amide bonds. The fourth-order valence-electron chi connectivity index (χ4n) is 2.73. The molecule has 0 saturated carbocycles. The van der Waals surface area contributed by atoms with Gasteiger partial charge in [-0.1, -0.05) is 56.7 Å². The summed E-state index contributed by atoms with van der Waals surface area (Å²) in [5, 5.41) is 3.60. The van der Waals surface area contributed by atoms with E-state index in [4.69, 9.17) is 4.74 Å². The van der Waals surface area contributed by atoms with Gasteiger partial charge in [0.15, 0.2) is 0 Å². The first-order valence-corrected chi connectivity index (χ1v) is 8.43. The van der Waals surface area contributed by atoms with Gasteiger partial charge in [0.05, 0.1) is 7.11 Å². The molecule has 0 atom stereocenters.